The van der Waals surface area contributed by atoms with Crippen LogP contribution in [0.1, 0.15) is 6.92 Å². The summed E-state index contributed by atoms with van der Waals surface area (Å²) < 4.78 is 0. The maximum Gasteiger partial charge on any atom is 0.125 e. The molecule has 0 aliphatic heterocycles. The van der Waals surface area contributed by atoms with Gasteiger partial charge in [-0.1, -0.05) is 17.4 Å². The summed E-state index contributed by atoms with van der Waals surface area (Å²) in [5.41, 5.74) is 10.3. The third-order valence-electron chi connectivity index (χ3n) is 0.761. The molecule has 0 bridgehead atoms. The van der Waals surface area contributed by atoms with Crippen molar-refractivity contribution in [3.05, 3.63) is 17.1 Å². The first kappa shape index (κ1) is 14.9. The topological polar surface area (TPSA) is 118 Å². The Morgan fingerprint density at radius 1 is 1.50 bits per heavy atom. The molecule has 7 heteroatoms. The van der Waals surface area contributed by atoms with Gasteiger partial charge in [-0.3, -0.25) is 5.41 Å². The van der Waals surface area contributed by atoms with E-state index in [1.54, 1.807) is 6.92 Å². The molecule has 0 atom stereocenters. The number of hydrogen-bond donors (Lipinski definition) is 3. The fourth-order valence-corrected chi connectivity index (χ4v) is 0.353. The Balaban J connectivity index is 0. The van der Waals surface area contributed by atoms with Gasteiger partial charge in [0.05, 0.1) is 11.5 Å². The molecule has 5 N–H and O–H groups in total. The molecule has 0 fully saturated rings. The summed E-state index contributed by atoms with van der Waals surface area (Å²) in [5, 5.41) is 9.01. The number of nitrogens with one attached hydrogen (secondary N) is 1. The Hall–Kier alpha value is -1.63. The lowest BCUT2D eigenvalue weighted by atomic mass is 10.5. The first-order chi connectivity index (χ1) is 6.58. The van der Waals surface area contributed by atoms with Gasteiger partial charge in [-0.25, -0.2) is 4.99 Å². The van der Waals surface area contributed by atoms with Crippen LogP contribution in [0.2, 0.25) is 0 Å². The van der Waals surface area contributed by atoms with Crippen molar-refractivity contribution in [3.63, 3.8) is 0 Å². The van der Waals surface area contributed by atoms with E-state index in [0.717, 1.165) is 6.34 Å². The van der Waals surface area contributed by atoms with Gasteiger partial charge in [-0.15, -0.1) is 0 Å². The maximum atomic E-state index is 8.92. The minimum Gasteiger partial charge on any atom is -0.390 e. The molecule has 0 aromatic heterocycles. The third kappa shape index (κ3) is 16.8. The molecule has 0 aromatic carbocycles. The van der Waals surface area contributed by atoms with Gasteiger partial charge in [-0.2, -0.15) is 4.91 Å². The Morgan fingerprint density at radius 2 is 2.00 bits per heavy atom. The number of nitrogens with two attached hydrogens (primary N) is 2. The standard InChI is InChI=1S/C5H8N4S.C2H5NO/c6-3-9-4(7)1-2-5(8)10;1-2-3-4/h1-3H,(H2,8,10)(H3,6,7,9);2H2,1H3/b2-1-;. The second-order valence-electron chi connectivity index (χ2n) is 1.86. The van der Waals surface area contributed by atoms with Gasteiger partial charge in [0.1, 0.15) is 12.2 Å². The normalized spacial score (nSPS) is 10.2. The number of nitrogens with zero attached hydrogens (tertiary/aromatic N) is 2. The predicted molar refractivity (Wildman–Crippen MR) is 62.7 cm³/mol. The second-order valence-corrected chi connectivity index (χ2v) is 2.34. The molecular weight excluding hydrogens is 202 g/mol. The molecular formula is C7H13N5OS. The Morgan fingerprint density at radius 3 is 2.29 bits per heavy atom. The van der Waals surface area contributed by atoms with Crippen LogP contribution in [0.25, 0.3) is 0 Å². The van der Waals surface area contributed by atoms with Gasteiger partial charge in [0.15, 0.2) is 0 Å². The van der Waals surface area contributed by atoms with Crippen LogP contribution in [-0.4, -0.2) is 23.7 Å². The van der Waals surface area contributed by atoms with Gasteiger partial charge < -0.3 is 11.5 Å². The molecule has 0 spiro atoms. The smallest absolute Gasteiger partial charge is 0.125 e. The van der Waals surface area contributed by atoms with Crippen molar-refractivity contribution >= 4 is 29.4 Å². The predicted octanol–water partition coefficient (Wildman–Crippen LogP) is 0.566. The van der Waals surface area contributed by atoms with Crippen LogP contribution in [-0.2, 0) is 0 Å². The third-order valence-corrected chi connectivity index (χ3v) is 0.897. The van der Waals surface area contributed by atoms with Crippen molar-refractivity contribution in [1.29, 1.82) is 5.41 Å². The lowest BCUT2D eigenvalue weighted by molar-refractivity contribution is 1.12. The van der Waals surface area contributed by atoms with Crippen LogP contribution in [0.4, 0.5) is 0 Å². The summed E-state index contributed by atoms with van der Waals surface area (Å²) in [7, 11) is 0. The Labute approximate surface area is 87.6 Å². The fourth-order valence-electron chi connectivity index (χ4n) is 0.285. The largest absolute Gasteiger partial charge is 0.390 e. The highest BCUT2D eigenvalue weighted by molar-refractivity contribution is 7.80. The minimum atomic E-state index is 0.211. The highest BCUT2D eigenvalue weighted by Crippen LogP contribution is 1.74. The average molecular weight is 215 g/mol. The molecule has 6 nitrogen and oxygen atoms in total. The molecule has 14 heavy (non-hydrogen) atoms. The molecule has 0 unspecified atom stereocenters. The molecule has 0 saturated heterocycles. The van der Waals surface area contributed by atoms with Gasteiger partial charge >= 0.3 is 0 Å². The van der Waals surface area contributed by atoms with E-state index in [1.807, 2.05) is 0 Å². The summed E-state index contributed by atoms with van der Waals surface area (Å²) in [5.74, 6) is 0.211. The molecule has 0 aromatic rings. The quantitative estimate of drug-likeness (QED) is 0.209. The number of rotatable bonds is 4. The number of nitroso groups, excluding NO2 is 1. The molecule has 0 rings (SSSR count). The highest BCUT2D eigenvalue weighted by atomic mass is 32.1. The van der Waals surface area contributed by atoms with E-state index >= 15 is 0 Å². The van der Waals surface area contributed by atoms with Crippen molar-refractivity contribution in [2.24, 2.45) is 21.6 Å². The Bertz CT molecular complexity index is 248. The number of amidine groups is 1. The number of thiocarbonyl (C=S) groups is 1. The van der Waals surface area contributed by atoms with E-state index in [9.17, 15) is 0 Å². The van der Waals surface area contributed by atoms with E-state index in [2.05, 4.69) is 22.4 Å². The second kappa shape index (κ2) is 11.4. The van der Waals surface area contributed by atoms with E-state index in [1.165, 1.54) is 12.2 Å². The number of aliphatic imine (C=N–C) groups is 1. The minimum absolute atomic E-state index is 0.211. The fraction of sp³-hybridized carbons (Fsp3) is 0.286. The Kier molecular flexibility index (Phi) is 12.1. The zero-order chi connectivity index (χ0) is 11.4. The molecule has 78 valence electrons. The first-order valence-corrected chi connectivity index (χ1v) is 4.08. The van der Waals surface area contributed by atoms with Gasteiger partial charge in [-0.05, 0) is 19.1 Å². The monoisotopic (exact) mass is 215 g/mol. The van der Waals surface area contributed by atoms with Crippen LogP contribution in [0.5, 0.6) is 0 Å². The molecule has 0 radical (unpaired) electrons. The number of hydrogen-bond acceptors (Lipinski definition) is 4. The van der Waals surface area contributed by atoms with Gasteiger partial charge in [0.25, 0.3) is 0 Å². The maximum absolute atomic E-state index is 8.92. The lowest BCUT2D eigenvalue weighted by Gasteiger charge is -1.85. The van der Waals surface area contributed by atoms with Crippen LogP contribution >= 0.6 is 12.2 Å². The molecule has 0 amide bonds. The van der Waals surface area contributed by atoms with Crippen molar-refractivity contribution in [2.75, 3.05) is 6.54 Å². The summed E-state index contributed by atoms with van der Waals surface area (Å²) in [6.45, 7) is 2.09. The van der Waals surface area contributed by atoms with Crippen molar-refractivity contribution in [1.82, 2.24) is 0 Å². The van der Waals surface area contributed by atoms with Gasteiger partial charge in [0, 0.05) is 0 Å². The van der Waals surface area contributed by atoms with Crippen LogP contribution in [0, 0.1) is 10.3 Å². The van der Waals surface area contributed by atoms with E-state index in [4.69, 9.17) is 21.8 Å². The first-order valence-electron chi connectivity index (χ1n) is 3.67. The van der Waals surface area contributed by atoms with Gasteiger partial charge in [0.2, 0.25) is 0 Å². The van der Waals surface area contributed by atoms with Crippen molar-refractivity contribution in [2.45, 2.75) is 6.92 Å². The molecule has 0 aliphatic carbocycles. The van der Waals surface area contributed by atoms with Crippen molar-refractivity contribution in [3.8, 4) is 0 Å². The van der Waals surface area contributed by atoms with Crippen LogP contribution < -0.4 is 11.5 Å². The molecule has 0 aliphatic rings. The SMILES string of the molecule is CCN=O.N=CN=C(N)/C=C\C(N)=S. The average Bonchev–Trinajstić information content (AvgIpc) is 2.16. The van der Waals surface area contributed by atoms with Crippen LogP contribution in [0.3, 0.4) is 0 Å². The summed E-state index contributed by atoms with van der Waals surface area (Å²) in [4.78, 5) is 12.6. The zero-order valence-corrected chi connectivity index (χ0v) is 8.62. The highest BCUT2D eigenvalue weighted by Gasteiger charge is 1.80. The summed E-state index contributed by atoms with van der Waals surface area (Å²) in [6, 6.07) is 0. The zero-order valence-electron chi connectivity index (χ0n) is 7.80. The van der Waals surface area contributed by atoms with Crippen molar-refractivity contribution < 1.29 is 0 Å². The lowest BCUT2D eigenvalue weighted by Crippen LogP contribution is -2.10. The van der Waals surface area contributed by atoms with E-state index in [0.29, 0.717) is 6.54 Å². The molecule has 0 heterocycles. The molecule has 0 saturated carbocycles. The summed E-state index contributed by atoms with van der Waals surface area (Å²) in [6.07, 6.45) is 3.73. The summed E-state index contributed by atoms with van der Waals surface area (Å²) >= 11 is 4.52. The van der Waals surface area contributed by atoms with E-state index in [-0.39, 0.29) is 10.8 Å². The van der Waals surface area contributed by atoms with E-state index < -0.39 is 0 Å². The van der Waals surface area contributed by atoms with Crippen LogP contribution in [0.15, 0.2) is 22.3 Å².